The minimum absolute atomic E-state index is 0.238. The first-order valence-electron chi connectivity index (χ1n) is 7.76. The maximum Gasteiger partial charge on any atom is 0.421 e. The van der Waals surface area contributed by atoms with Gasteiger partial charge in [-0.05, 0) is 43.9 Å². The Kier molecular flexibility index (Phi) is 5.53. The van der Waals surface area contributed by atoms with E-state index in [0.717, 1.165) is 39.2 Å². The van der Waals surface area contributed by atoms with Crippen LogP contribution >= 0.6 is 0 Å². The van der Waals surface area contributed by atoms with Gasteiger partial charge in [0.1, 0.15) is 11.0 Å². The molecule has 1 aromatic carbocycles. The van der Waals surface area contributed by atoms with Crippen molar-refractivity contribution in [1.29, 1.82) is 0 Å². The highest BCUT2D eigenvalue weighted by molar-refractivity contribution is 7.82. The van der Waals surface area contributed by atoms with E-state index < -0.39 is 22.8 Å². The van der Waals surface area contributed by atoms with E-state index in [0.29, 0.717) is 4.90 Å². The lowest BCUT2D eigenvalue weighted by Crippen LogP contribution is -2.40. The Balaban J connectivity index is 2.21. The van der Waals surface area contributed by atoms with Crippen molar-refractivity contribution in [1.82, 2.24) is 4.31 Å². The first-order valence-corrected chi connectivity index (χ1v) is 8.87. The second kappa shape index (κ2) is 6.91. The van der Waals surface area contributed by atoms with Gasteiger partial charge in [-0.2, -0.15) is 13.2 Å². The van der Waals surface area contributed by atoms with Gasteiger partial charge < -0.3 is 5.11 Å². The molecule has 0 saturated carbocycles. The molecule has 0 amide bonds. The van der Waals surface area contributed by atoms with Crippen molar-refractivity contribution >= 4 is 11.0 Å². The summed E-state index contributed by atoms with van der Waals surface area (Å²) in [7, 11) is -1.39. The monoisotopic (exact) mass is 349 g/mol. The van der Waals surface area contributed by atoms with Crippen molar-refractivity contribution in [2.75, 3.05) is 6.54 Å². The number of hydrogen-bond donors (Lipinski definition) is 1. The van der Waals surface area contributed by atoms with E-state index in [1.807, 2.05) is 11.2 Å². The summed E-state index contributed by atoms with van der Waals surface area (Å²) in [5.41, 5.74) is -3.17. The van der Waals surface area contributed by atoms with Gasteiger partial charge in [-0.3, -0.25) is 0 Å². The summed E-state index contributed by atoms with van der Waals surface area (Å²) < 4.78 is 53.1. The third-order valence-corrected chi connectivity index (χ3v) is 6.01. The molecule has 1 aromatic rings. The lowest BCUT2D eigenvalue weighted by Gasteiger charge is -2.33. The molecular weight excluding hydrogens is 327 g/mol. The van der Waals surface area contributed by atoms with Crippen LogP contribution < -0.4 is 0 Å². The van der Waals surface area contributed by atoms with Gasteiger partial charge in [-0.15, -0.1) is 0 Å². The number of benzene rings is 1. The summed E-state index contributed by atoms with van der Waals surface area (Å²) in [6.07, 6.45) is -0.785. The average molecular weight is 349 g/mol. The van der Waals surface area contributed by atoms with Crippen molar-refractivity contribution in [3.63, 3.8) is 0 Å². The second-order valence-electron chi connectivity index (χ2n) is 6.04. The van der Waals surface area contributed by atoms with Crippen LogP contribution in [0.25, 0.3) is 0 Å². The Labute approximate surface area is 137 Å². The van der Waals surface area contributed by atoms with Gasteiger partial charge in [0.25, 0.3) is 0 Å². The van der Waals surface area contributed by atoms with Crippen LogP contribution in [0.5, 0.6) is 0 Å². The zero-order valence-corrected chi connectivity index (χ0v) is 14.1. The number of rotatable bonds is 4. The van der Waals surface area contributed by atoms with Crippen LogP contribution in [0.2, 0.25) is 0 Å². The SMILES string of the molecule is CCC1CCCCN1S(=O)c1ccc(C(C)(O)C(F)(F)F)cc1. The molecule has 1 aliphatic rings. The van der Waals surface area contributed by atoms with Gasteiger partial charge in [-0.1, -0.05) is 25.5 Å². The Hall–Kier alpha value is -0.920. The summed E-state index contributed by atoms with van der Waals surface area (Å²) in [4.78, 5) is 0.465. The quantitative estimate of drug-likeness (QED) is 0.899. The largest absolute Gasteiger partial charge is 0.421 e. The topological polar surface area (TPSA) is 40.5 Å². The number of nitrogens with zero attached hydrogens (tertiary/aromatic N) is 1. The highest BCUT2D eigenvalue weighted by Crippen LogP contribution is 2.38. The van der Waals surface area contributed by atoms with Gasteiger partial charge in [0, 0.05) is 12.6 Å². The maximum absolute atomic E-state index is 12.8. The zero-order valence-electron chi connectivity index (χ0n) is 13.3. The molecule has 7 heteroatoms. The number of halogens is 3. The second-order valence-corrected chi connectivity index (χ2v) is 7.48. The smallest absolute Gasteiger partial charge is 0.376 e. The van der Waals surface area contributed by atoms with E-state index in [2.05, 4.69) is 0 Å². The zero-order chi connectivity index (χ0) is 17.3. The van der Waals surface area contributed by atoms with Crippen molar-refractivity contribution in [2.24, 2.45) is 0 Å². The molecule has 23 heavy (non-hydrogen) atoms. The summed E-state index contributed by atoms with van der Waals surface area (Å²) in [6.45, 7) is 3.49. The first-order chi connectivity index (χ1) is 10.7. The van der Waals surface area contributed by atoms with E-state index in [1.54, 1.807) is 0 Å². The van der Waals surface area contributed by atoms with E-state index >= 15 is 0 Å². The Bertz CT molecular complexity index is 557. The van der Waals surface area contributed by atoms with Crippen LogP contribution in [0.15, 0.2) is 29.2 Å². The molecule has 0 bridgehead atoms. The fourth-order valence-corrected chi connectivity index (χ4v) is 4.26. The maximum atomic E-state index is 12.8. The molecule has 0 aliphatic carbocycles. The van der Waals surface area contributed by atoms with E-state index in [4.69, 9.17) is 0 Å². The fraction of sp³-hybridized carbons (Fsp3) is 0.625. The van der Waals surface area contributed by atoms with Crippen LogP contribution in [0.3, 0.4) is 0 Å². The predicted molar refractivity (Wildman–Crippen MR) is 83.1 cm³/mol. The van der Waals surface area contributed by atoms with Crippen molar-refractivity contribution in [3.8, 4) is 0 Å². The molecule has 2 rings (SSSR count). The van der Waals surface area contributed by atoms with Gasteiger partial charge in [0.15, 0.2) is 5.60 Å². The van der Waals surface area contributed by atoms with Crippen LogP contribution in [0.4, 0.5) is 13.2 Å². The van der Waals surface area contributed by atoms with Crippen LogP contribution in [0, 0.1) is 0 Å². The van der Waals surface area contributed by atoms with E-state index in [-0.39, 0.29) is 11.6 Å². The molecule has 1 fully saturated rings. The first kappa shape index (κ1) is 18.4. The van der Waals surface area contributed by atoms with Gasteiger partial charge in [-0.25, -0.2) is 8.51 Å². The third-order valence-electron chi connectivity index (χ3n) is 4.43. The molecule has 0 spiro atoms. The number of piperidine rings is 1. The van der Waals surface area contributed by atoms with E-state index in [9.17, 15) is 22.5 Å². The Morgan fingerprint density at radius 2 is 1.87 bits per heavy atom. The lowest BCUT2D eigenvalue weighted by atomic mass is 9.96. The summed E-state index contributed by atoms with van der Waals surface area (Å²) in [6, 6.07) is 5.46. The molecule has 130 valence electrons. The van der Waals surface area contributed by atoms with Crippen LogP contribution in [-0.4, -0.2) is 32.4 Å². The highest BCUT2D eigenvalue weighted by atomic mass is 32.2. The molecule has 3 unspecified atom stereocenters. The Morgan fingerprint density at radius 3 is 2.39 bits per heavy atom. The van der Waals surface area contributed by atoms with Gasteiger partial charge >= 0.3 is 6.18 Å². The molecular formula is C16H22F3NO2S. The normalized spacial score (nSPS) is 24.2. The number of hydrogen-bond acceptors (Lipinski definition) is 2. The molecule has 1 saturated heterocycles. The molecule has 1 heterocycles. The summed E-state index contributed by atoms with van der Waals surface area (Å²) in [5, 5.41) is 9.67. The number of alkyl halides is 3. The molecule has 1 aliphatic heterocycles. The lowest BCUT2D eigenvalue weighted by molar-refractivity contribution is -0.258. The fourth-order valence-electron chi connectivity index (χ4n) is 2.80. The van der Waals surface area contributed by atoms with Crippen LogP contribution in [0.1, 0.15) is 45.1 Å². The average Bonchev–Trinajstić information content (AvgIpc) is 2.53. The van der Waals surface area contributed by atoms with Crippen LogP contribution in [-0.2, 0) is 16.6 Å². The molecule has 3 atom stereocenters. The van der Waals surface area contributed by atoms with Crippen molar-refractivity contribution in [2.45, 2.75) is 62.2 Å². The number of aliphatic hydroxyl groups is 1. The minimum atomic E-state index is -4.76. The molecule has 0 aromatic heterocycles. The van der Waals surface area contributed by atoms with Gasteiger partial charge in [0.2, 0.25) is 0 Å². The predicted octanol–water partition coefficient (Wildman–Crippen LogP) is 3.74. The molecule has 1 N–H and O–H groups in total. The third kappa shape index (κ3) is 3.78. The summed E-state index contributed by atoms with van der Waals surface area (Å²) in [5.74, 6) is 0. The van der Waals surface area contributed by atoms with Crippen molar-refractivity contribution < 1.29 is 22.5 Å². The molecule has 0 radical (unpaired) electrons. The highest BCUT2D eigenvalue weighted by Gasteiger charge is 2.51. The Morgan fingerprint density at radius 1 is 1.26 bits per heavy atom. The summed E-state index contributed by atoms with van der Waals surface area (Å²) >= 11 is 0. The van der Waals surface area contributed by atoms with E-state index in [1.165, 1.54) is 24.3 Å². The standard InChI is InChI=1S/C16H22F3NO2S/c1-3-13-6-4-5-11-20(13)23(22)14-9-7-12(8-10-14)15(2,21)16(17,18)19/h7-10,13,21H,3-6,11H2,1-2H3. The minimum Gasteiger partial charge on any atom is -0.376 e. The molecule has 3 nitrogen and oxygen atoms in total. The van der Waals surface area contributed by atoms with Gasteiger partial charge in [0.05, 0.1) is 4.90 Å². The van der Waals surface area contributed by atoms with Crippen molar-refractivity contribution in [3.05, 3.63) is 29.8 Å².